The van der Waals surface area contributed by atoms with Gasteiger partial charge in [-0.1, -0.05) is 13.0 Å². The van der Waals surface area contributed by atoms with Gasteiger partial charge in [0.05, 0.1) is 6.54 Å². The van der Waals surface area contributed by atoms with Crippen molar-refractivity contribution in [3.05, 3.63) is 35.4 Å². The van der Waals surface area contributed by atoms with Crippen LogP contribution in [0.4, 0.5) is 8.78 Å². The number of nitrogens with zero attached hydrogens (tertiary/aromatic N) is 1. The fraction of sp³-hybridized carbons (Fsp3) is 0.500. The van der Waals surface area contributed by atoms with E-state index in [1.54, 1.807) is 11.8 Å². The summed E-state index contributed by atoms with van der Waals surface area (Å²) in [5.74, 6) is -2.30. The molecular formula is C14H19F2NO2. The largest absolute Gasteiger partial charge is 0.480 e. The number of carbonyl (C=O) groups is 1. The molecule has 0 saturated heterocycles. The van der Waals surface area contributed by atoms with E-state index in [0.717, 1.165) is 0 Å². The normalized spacial score (nSPS) is 14.4. The molecule has 0 aliphatic carbocycles. The monoisotopic (exact) mass is 271 g/mol. The van der Waals surface area contributed by atoms with Crippen LogP contribution in [0.1, 0.15) is 38.8 Å². The van der Waals surface area contributed by atoms with Crippen LogP contribution >= 0.6 is 0 Å². The molecular weight excluding hydrogens is 252 g/mol. The molecule has 0 radical (unpaired) electrons. The van der Waals surface area contributed by atoms with E-state index >= 15 is 0 Å². The van der Waals surface area contributed by atoms with Crippen LogP contribution in [0.2, 0.25) is 0 Å². The van der Waals surface area contributed by atoms with E-state index < -0.39 is 23.6 Å². The highest BCUT2D eigenvalue weighted by molar-refractivity contribution is 5.69. The molecule has 0 heterocycles. The van der Waals surface area contributed by atoms with Crippen molar-refractivity contribution in [2.24, 2.45) is 0 Å². The number of aliphatic carboxylic acids is 1. The first-order valence-electron chi connectivity index (χ1n) is 6.29. The Labute approximate surface area is 111 Å². The van der Waals surface area contributed by atoms with E-state index in [2.05, 4.69) is 0 Å². The Morgan fingerprint density at radius 3 is 2.26 bits per heavy atom. The van der Waals surface area contributed by atoms with Gasteiger partial charge in [0.1, 0.15) is 11.6 Å². The van der Waals surface area contributed by atoms with Crippen LogP contribution in [-0.4, -0.2) is 28.6 Å². The standard InChI is InChI=1S/C14H19F2NO2/c1-4-9(2)17(8-13(18)19)10(3)14-11(15)6-5-7-12(14)16/h5-7,9-10H,4,8H2,1-3H3,(H,18,19). The summed E-state index contributed by atoms with van der Waals surface area (Å²) >= 11 is 0. The van der Waals surface area contributed by atoms with Crippen molar-refractivity contribution in [1.82, 2.24) is 4.90 Å². The molecule has 0 bridgehead atoms. The van der Waals surface area contributed by atoms with Gasteiger partial charge in [0.15, 0.2) is 0 Å². The summed E-state index contributed by atoms with van der Waals surface area (Å²) in [4.78, 5) is 12.5. The van der Waals surface area contributed by atoms with Gasteiger partial charge in [0, 0.05) is 17.6 Å². The van der Waals surface area contributed by atoms with E-state index in [9.17, 15) is 13.6 Å². The average Bonchev–Trinajstić information content (AvgIpc) is 2.34. The zero-order chi connectivity index (χ0) is 14.6. The minimum absolute atomic E-state index is 0.0786. The van der Waals surface area contributed by atoms with Crippen LogP contribution in [0, 0.1) is 11.6 Å². The van der Waals surface area contributed by atoms with E-state index in [-0.39, 0.29) is 18.2 Å². The van der Waals surface area contributed by atoms with Gasteiger partial charge in [-0.3, -0.25) is 9.69 Å². The highest BCUT2D eigenvalue weighted by Gasteiger charge is 2.26. The molecule has 2 atom stereocenters. The number of halogens is 2. The Kier molecular flexibility index (Phi) is 5.42. The fourth-order valence-electron chi connectivity index (χ4n) is 2.14. The molecule has 19 heavy (non-hydrogen) atoms. The predicted octanol–water partition coefficient (Wildman–Crippen LogP) is 3.21. The quantitative estimate of drug-likeness (QED) is 0.863. The lowest BCUT2D eigenvalue weighted by Gasteiger charge is -2.33. The number of carboxylic acids is 1. The minimum atomic E-state index is -1.01. The van der Waals surface area contributed by atoms with Gasteiger partial charge in [0.25, 0.3) is 0 Å². The maximum atomic E-state index is 13.8. The lowest BCUT2D eigenvalue weighted by atomic mass is 10.0. The summed E-state index contributed by atoms with van der Waals surface area (Å²) in [6.07, 6.45) is 0.702. The van der Waals surface area contributed by atoms with Gasteiger partial charge in [-0.25, -0.2) is 8.78 Å². The minimum Gasteiger partial charge on any atom is -0.480 e. The van der Waals surface area contributed by atoms with Crippen molar-refractivity contribution in [3.8, 4) is 0 Å². The second kappa shape index (κ2) is 6.61. The van der Waals surface area contributed by atoms with Gasteiger partial charge in [0.2, 0.25) is 0 Å². The van der Waals surface area contributed by atoms with Crippen LogP contribution in [-0.2, 0) is 4.79 Å². The van der Waals surface area contributed by atoms with Crippen LogP contribution in [0.15, 0.2) is 18.2 Å². The molecule has 106 valence electrons. The summed E-state index contributed by atoms with van der Waals surface area (Å²) in [6.45, 7) is 5.13. The van der Waals surface area contributed by atoms with E-state index in [1.165, 1.54) is 18.2 Å². The van der Waals surface area contributed by atoms with Gasteiger partial charge in [-0.15, -0.1) is 0 Å². The third-order valence-corrected chi connectivity index (χ3v) is 3.39. The SMILES string of the molecule is CCC(C)N(CC(=O)O)C(C)c1c(F)cccc1F. The van der Waals surface area contributed by atoms with Gasteiger partial charge in [-0.2, -0.15) is 0 Å². The molecule has 0 aliphatic rings. The lowest BCUT2D eigenvalue weighted by molar-refractivity contribution is -0.139. The first-order valence-corrected chi connectivity index (χ1v) is 6.29. The third kappa shape index (κ3) is 3.73. The second-order valence-electron chi connectivity index (χ2n) is 4.63. The van der Waals surface area contributed by atoms with Crippen molar-refractivity contribution in [2.45, 2.75) is 39.3 Å². The predicted molar refractivity (Wildman–Crippen MR) is 68.9 cm³/mol. The Morgan fingerprint density at radius 2 is 1.84 bits per heavy atom. The number of hydrogen-bond acceptors (Lipinski definition) is 2. The second-order valence-corrected chi connectivity index (χ2v) is 4.63. The molecule has 1 rings (SSSR count). The maximum absolute atomic E-state index is 13.8. The van der Waals surface area contributed by atoms with Crippen LogP contribution in [0.3, 0.4) is 0 Å². The molecule has 1 N–H and O–H groups in total. The summed E-state index contributed by atoms with van der Waals surface area (Å²) in [7, 11) is 0. The van der Waals surface area contributed by atoms with Crippen molar-refractivity contribution in [3.63, 3.8) is 0 Å². The third-order valence-electron chi connectivity index (χ3n) is 3.39. The topological polar surface area (TPSA) is 40.5 Å². The number of hydrogen-bond donors (Lipinski definition) is 1. The van der Waals surface area contributed by atoms with Crippen molar-refractivity contribution in [1.29, 1.82) is 0 Å². The molecule has 5 heteroatoms. The molecule has 1 aromatic carbocycles. The maximum Gasteiger partial charge on any atom is 0.317 e. The molecule has 2 unspecified atom stereocenters. The lowest BCUT2D eigenvalue weighted by Crippen LogP contribution is -2.39. The highest BCUT2D eigenvalue weighted by atomic mass is 19.1. The number of rotatable bonds is 6. The van der Waals surface area contributed by atoms with E-state index in [4.69, 9.17) is 5.11 Å². The van der Waals surface area contributed by atoms with Crippen LogP contribution in [0.25, 0.3) is 0 Å². The Balaban J connectivity index is 3.11. The smallest absolute Gasteiger partial charge is 0.317 e. The van der Waals surface area contributed by atoms with Crippen LogP contribution in [0.5, 0.6) is 0 Å². The van der Waals surface area contributed by atoms with Crippen molar-refractivity contribution in [2.75, 3.05) is 6.54 Å². The molecule has 0 saturated carbocycles. The van der Waals surface area contributed by atoms with Crippen molar-refractivity contribution >= 4 is 5.97 Å². The summed E-state index contributed by atoms with van der Waals surface area (Å²) in [5.41, 5.74) is -0.0796. The van der Waals surface area contributed by atoms with E-state index in [0.29, 0.717) is 6.42 Å². The molecule has 1 aromatic rings. The van der Waals surface area contributed by atoms with Crippen LogP contribution < -0.4 is 0 Å². The first kappa shape index (κ1) is 15.6. The molecule has 0 spiro atoms. The molecule has 3 nitrogen and oxygen atoms in total. The summed E-state index contributed by atoms with van der Waals surface area (Å²) in [6, 6.07) is 2.96. The summed E-state index contributed by atoms with van der Waals surface area (Å²) < 4.78 is 27.5. The zero-order valence-corrected chi connectivity index (χ0v) is 11.4. The highest BCUT2D eigenvalue weighted by Crippen LogP contribution is 2.27. The average molecular weight is 271 g/mol. The fourth-order valence-corrected chi connectivity index (χ4v) is 2.14. The Morgan fingerprint density at radius 1 is 1.32 bits per heavy atom. The molecule has 0 aliphatic heterocycles. The Hall–Kier alpha value is -1.49. The zero-order valence-electron chi connectivity index (χ0n) is 11.4. The molecule has 0 fully saturated rings. The number of benzene rings is 1. The van der Waals surface area contributed by atoms with Gasteiger partial charge in [-0.05, 0) is 32.4 Å². The summed E-state index contributed by atoms with van der Waals surface area (Å²) in [5, 5.41) is 8.93. The van der Waals surface area contributed by atoms with Gasteiger partial charge >= 0.3 is 5.97 Å². The molecule has 0 amide bonds. The first-order chi connectivity index (χ1) is 8.88. The van der Waals surface area contributed by atoms with E-state index in [1.807, 2.05) is 13.8 Å². The Bertz CT molecular complexity index is 431. The van der Waals surface area contributed by atoms with Crippen molar-refractivity contribution < 1.29 is 18.7 Å². The number of carboxylic acid groups (broad SMARTS) is 1. The van der Waals surface area contributed by atoms with Gasteiger partial charge < -0.3 is 5.11 Å². The molecule has 0 aromatic heterocycles.